The molecule has 106 valence electrons. The highest BCUT2D eigenvalue weighted by atomic mass is 35.5. The molecule has 0 aromatic carbocycles. The molecule has 4 nitrogen and oxygen atoms in total. The lowest BCUT2D eigenvalue weighted by Crippen LogP contribution is -2.05. The molecule has 1 aromatic heterocycles. The van der Waals surface area contributed by atoms with Crippen molar-refractivity contribution in [3.8, 4) is 11.5 Å². The van der Waals surface area contributed by atoms with Crippen molar-refractivity contribution in [2.24, 2.45) is 0 Å². The van der Waals surface area contributed by atoms with Gasteiger partial charge in [-0.3, -0.25) is 4.79 Å². The lowest BCUT2D eigenvalue weighted by Gasteiger charge is -2.12. The van der Waals surface area contributed by atoms with E-state index in [1.54, 1.807) is 0 Å². The second kappa shape index (κ2) is 8.75. The van der Waals surface area contributed by atoms with Crippen molar-refractivity contribution in [1.82, 2.24) is 4.98 Å². The number of carbonyl (C=O) groups excluding carboxylic acids is 1. The quantitative estimate of drug-likeness (QED) is 0.511. The maximum absolute atomic E-state index is 11.1. The molecule has 0 unspecified atom stereocenters. The van der Waals surface area contributed by atoms with Crippen molar-refractivity contribution in [3.05, 3.63) is 18.0 Å². The number of rotatable bonds is 9. The Morgan fingerprint density at radius 3 is 2.26 bits per heavy atom. The topological polar surface area (TPSA) is 48.4 Å². The maximum atomic E-state index is 11.1. The molecule has 1 rings (SSSR count). The van der Waals surface area contributed by atoms with Crippen LogP contribution >= 0.6 is 11.6 Å². The van der Waals surface area contributed by atoms with Crippen LogP contribution in [-0.4, -0.2) is 23.4 Å². The molecule has 19 heavy (non-hydrogen) atoms. The van der Waals surface area contributed by atoms with E-state index in [1.807, 2.05) is 0 Å². The van der Waals surface area contributed by atoms with Crippen LogP contribution in [0.2, 0.25) is 0 Å². The van der Waals surface area contributed by atoms with Crippen LogP contribution in [0.3, 0.4) is 0 Å². The number of aromatic nitrogens is 1. The summed E-state index contributed by atoms with van der Waals surface area (Å²) in [5, 5.41) is -0.597. The van der Waals surface area contributed by atoms with Crippen LogP contribution in [0.25, 0.3) is 0 Å². The molecule has 0 N–H and O–H groups in total. The highest BCUT2D eigenvalue weighted by Gasteiger charge is 2.11. The first-order chi connectivity index (χ1) is 9.19. The van der Waals surface area contributed by atoms with E-state index in [4.69, 9.17) is 21.1 Å². The Morgan fingerprint density at radius 1 is 1.16 bits per heavy atom. The van der Waals surface area contributed by atoms with Gasteiger partial charge in [0.05, 0.1) is 19.4 Å². The maximum Gasteiger partial charge on any atom is 0.270 e. The van der Waals surface area contributed by atoms with Crippen LogP contribution < -0.4 is 9.47 Å². The van der Waals surface area contributed by atoms with Crippen LogP contribution in [0.4, 0.5) is 0 Å². The molecule has 0 aliphatic heterocycles. The molecule has 5 heteroatoms. The summed E-state index contributed by atoms with van der Waals surface area (Å²) < 4.78 is 11.2. The number of nitrogens with zero attached hydrogens (tertiary/aromatic N) is 1. The first-order valence-corrected chi connectivity index (χ1v) is 7.02. The third kappa shape index (κ3) is 5.47. The van der Waals surface area contributed by atoms with Crippen LogP contribution in [0, 0.1) is 0 Å². The third-order valence-electron chi connectivity index (χ3n) is 2.54. The smallest absolute Gasteiger partial charge is 0.270 e. The van der Waals surface area contributed by atoms with Gasteiger partial charge in [-0.2, -0.15) is 0 Å². The zero-order valence-corrected chi connectivity index (χ0v) is 12.2. The minimum absolute atomic E-state index is 0.177. The number of unbranched alkanes of at least 4 members (excludes halogenated alkanes) is 2. The van der Waals surface area contributed by atoms with Gasteiger partial charge in [0.25, 0.3) is 5.24 Å². The number of pyridine rings is 1. The van der Waals surface area contributed by atoms with E-state index in [0.717, 1.165) is 25.7 Å². The Kier molecular flexibility index (Phi) is 7.26. The SMILES string of the molecule is CCCCOc1cnc(C(=O)Cl)cc1OCCCC. The van der Waals surface area contributed by atoms with Crippen molar-refractivity contribution in [2.75, 3.05) is 13.2 Å². The van der Waals surface area contributed by atoms with E-state index in [1.165, 1.54) is 12.3 Å². The molecule has 1 aromatic rings. The Balaban J connectivity index is 2.78. The fourth-order valence-corrected chi connectivity index (χ4v) is 1.51. The van der Waals surface area contributed by atoms with Crippen LogP contribution in [0.15, 0.2) is 12.3 Å². The Bertz CT molecular complexity index is 410. The van der Waals surface area contributed by atoms with E-state index < -0.39 is 5.24 Å². The highest BCUT2D eigenvalue weighted by Crippen LogP contribution is 2.28. The largest absolute Gasteiger partial charge is 0.490 e. The van der Waals surface area contributed by atoms with Gasteiger partial charge >= 0.3 is 0 Å². The number of carbonyl (C=O) groups is 1. The zero-order chi connectivity index (χ0) is 14.1. The highest BCUT2D eigenvalue weighted by molar-refractivity contribution is 6.67. The number of hydrogen-bond acceptors (Lipinski definition) is 4. The van der Waals surface area contributed by atoms with Gasteiger partial charge in [0.2, 0.25) is 0 Å². The summed E-state index contributed by atoms with van der Waals surface area (Å²) in [5.41, 5.74) is 0.177. The monoisotopic (exact) mass is 285 g/mol. The van der Waals surface area contributed by atoms with Gasteiger partial charge in [-0.05, 0) is 24.4 Å². The molecule has 0 amide bonds. The molecule has 0 spiro atoms. The van der Waals surface area contributed by atoms with E-state index in [0.29, 0.717) is 24.7 Å². The summed E-state index contributed by atoms with van der Waals surface area (Å²) in [7, 11) is 0. The van der Waals surface area contributed by atoms with Gasteiger partial charge in [-0.1, -0.05) is 26.7 Å². The molecule has 0 saturated heterocycles. The summed E-state index contributed by atoms with van der Waals surface area (Å²) in [6.07, 6.45) is 5.49. The molecule has 0 bridgehead atoms. The van der Waals surface area contributed by atoms with E-state index >= 15 is 0 Å². The van der Waals surface area contributed by atoms with E-state index in [-0.39, 0.29) is 5.69 Å². The number of halogens is 1. The summed E-state index contributed by atoms with van der Waals surface area (Å²) in [6, 6.07) is 1.53. The minimum Gasteiger partial charge on any atom is -0.490 e. The first-order valence-electron chi connectivity index (χ1n) is 6.64. The van der Waals surface area contributed by atoms with Crippen molar-refractivity contribution in [2.45, 2.75) is 39.5 Å². The summed E-state index contributed by atoms with van der Waals surface area (Å²) in [6.45, 7) is 5.37. The van der Waals surface area contributed by atoms with Gasteiger partial charge in [-0.15, -0.1) is 0 Å². The van der Waals surface area contributed by atoms with Gasteiger partial charge < -0.3 is 9.47 Å². The van der Waals surface area contributed by atoms with Crippen LogP contribution in [0.5, 0.6) is 11.5 Å². The molecular weight excluding hydrogens is 266 g/mol. The molecule has 0 aliphatic carbocycles. The standard InChI is InChI=1S/C14H20ClNO3/c1-3-5-7-18-12-9-11(14(15)17)16-10-13(12)19-8-6-4-2/h9-10H,3-8H2,1-2H3. The summed E-state index contributed by atoms with van der Waals surface area (Å²) >= 11 is 5.42. The predicted molar refractivity (Wildman–Crippen MR) is 75.2 cm³/mol. The van der Waals surface area contributed by atoms with Gasteiger partial charge in [0, 0.05) is 6.07 Å². The fraction of sp³-hybridized carbons (Fsp3) is 0.571. The van der Waals surface area contributed by atoms with Crippen LogP contribution in [-0.2, 0) is 0 Å². The normalized spacial score (nSPS) is 10.3. The predicted octanol–water partition coefficient (Wildman–Crippen LogP) is 3.82. The molecule has 1 heterocycles. The zero-order valence-electron chi connectivity index (χ0n) is 11.4. The van der Waals surface area contributed by atoms with Gasteiger partial charge in [-0.25, -0.2) is 4.98 Å². The Hall–Kier alpha value is -1.29. The molecule has 0 aliphatic rings. The average Bonchev–Trinajstić information content (AvgIpc) is 2.40. The van der Waals surface area contributed by atoms with Crippen molar-refractivity contribution >= 4 is 16.8 Å². The van der Waals surface area contributed by atoms with E-state index in [9.17, 15) is 4.79 Å². The molecule has 0 radical (unpaired) electrons. The molecule has 0 fully saturated rings. The van der Waals surface area contributed by atoms with Gasteiger partial charge in [0.15, 0.2) is 11.5 Å². The number of ether oxygens (including phenoxy) is 2. The second-order valence-electron chi connectivity index (χ2n) is 4.19. The van der Waals surface area contributed by atoms with Crippen molar-refractivity contribution < 1.29 is 14.3 Å². The number of hydrogen-bond donors (Lipinski definition) is 0. The van der Waals surface area contributed by atoms with Crippen molar-refractivity contribution in [3.63, 3.8) is 0 Å². The van der Waals surface area contributed by atoms with Gasteiger partial charge in [0.1, 0.15) is 5.69 Å². The molecule has 0 atom stereocenters. The fourth-order valence-electron chi connectivity index (χ4n) is 1.41. The summed E-state index contributed by atoms with van der Waals surface area (Å²) in [4.78, 5) is 15.1. The molecule has 0 saturated carbocycles. The third-order valence-corrected chi connectivity index (χ3v) is 2.74. The Morgan fingerprint density at radius 2 is 1.74 bits per heavy atom. The lowest BCUT2D eigenvalue weighted by molar-refractivity contribution is 0.107. The Labute approximate surface area is 119 Å². The second-order valence-corrected chi connectivity index (χ2v) is 4.54. The van der Waals surface area contributed by atoms with Crippen molar-refractivity contribution in [1.29, 1.82) is 0 Å². The lowest BCUT2D eigenvalue weighted by atomic mass is 10.3. The molecular formula is C14H20ClNO3. The first kappa shape index (κ1) is 15.8. The minimum atomic E-state index is -0.597. The van der Waals surface area contributed by atoms with Crippen LogP contribution in [0.1, 0.15) is 50.0 Å². The summed E-state index contributed by atoms with van der Waals surface area (Å²) in [5.74, 6) is 1.09. The van der Waals surface area contributed by atoms with E-state index in [2.05, 4.69) is 18.8 Å². The average molecular weight is 286 g/mol.